The minimum Gasteiger partial charge on any atom is -0.388 e. The molecule has 0 radical (unpaired) electrons. The van der Waals surface area contributed by atoms with E-state index < -0.39 is 6.10 Å². The van der Waals surface area contributed by atoms with Crippen LogP contribution in [-0.2, 0) is 6.54 Å². The molecule has 0 bridgehead atoms. The topological polar surface area (TPSA) is 115 Å². The van der Waals surface area contributed by atoms with E-state index in [1.54, 1.807) is 51.3 Å². The lowest BCUT2D eigenvalue weighted by Crippen LogP contribution is -2.30. The third-order valence-corrected chi connectivity index (χ3v) is 6.74. The van der Waals surface area contributed by atoms with Crippen LogP contribution in [0.4, 0.5) is 0 Å². The minimum absolute atomic E-state index is 0.220. The number of fused-ring (bicyclic) bond motifs is 3. The fourth-order valence-electron chi connectivity index (χ4n) is 5.01. The van der Waals surface area contributed by atoms with Crippen molar-refractivity contribution in [2.75, 3.05) is 0 Å². The van der Waals surface area contributed by atoms with Crippen molar-refractivity contribution in [1.29, 1.82) is 5.26 Å². The number of benzene rings is 2. The van der Waals surface area contributed by atoms with Gasteiger partial charge in [0.25, 0.3) is 0 Å². The molecule has 9 nitrogen and oxygen atoms in total. The molecule has 2 aromatic carbocycles. The average molecular weight is 476 g/mol. The average Bonchev–Trinajstić information content (AvgIpc) is 3.45. The molecule has 2 atom stereocenters. The molecule has 0 saturated carbocycles. The van der Waals surface area contributed by atoms with Crippen molar-refractivity contribution in [3.63, 3.8) is 0 Å². The van der Waals surface area contributed by atoms with Crippen LogP contribution in [0.25, 0.3) is 28.1 Å². The van der Waals surface area contributed by atoms with Gasteiger partial charge in [0.1, 0.15) is 11.8 Å². The normalized spacial score (nSPS) is 16.9. The lowest BCUT2D eigenvalue weighted by Gasteiger charge is -2.29. The number of aliphatic hydroxyl groups is 1. The first-order valence-corrected chi connectivity index (χ1v) is 11.6. The Balaban J connectivity index is 1.60. The Morgan fingerprint density at radius 2 is 1.94 bits per heavy atom. The molecule has 5 aromatic rings. The smallest absolute Gasteiger partial charge is 0.331 e. The maximum Gasteiger partial charge on any atom is 0.331 e. The van der Waals surface area contributed by atoms with Crippen LogP contribution in [0.15, 0.2) is 59.8 Å². The maximum atomic E-state index is 13.8. The standard InChI is InChI=1S/C27H21N7O2/c1-2-3-12-32-23-15-29-26(33-16-30-20-9-8-17(14-28)13-22(20)33)31-25(23)34(27(32)36)21-10-11-24(35)19-7-5-4-6-18(19)21/h4-9,13,15-16,21,24,35H,10-12H2,1H3/t21?,24-/m1/s1. The largest absolute Gasteiger partial charge is 0.388 e. The maximum absolute atomic E-state index is 13.8. The van der Waals surface area contributed by atoms with Crippen molar-refractivity contribution in [2.45, 2.75) is 38.5 Å². The van der Waals surface area contributed by atoms with Crippen LogP contribution in [0, 0.1) is 23.2 Å². The molecule has 3 heterocycles. The summed E-state index contributed by atoms with van der Waals surface area (Å²) in [6.07, 6.45) is 3.81. The summed E-state index contributed by atoms with van der Waals surface area (Å²) in [5, 5.41) is 19.9. The quantitative estimate of drug-likeness (QED) is 0.401. The van der Waals surface area contributed by atoms with Crippen LogP contribution in [-0.4, -0.2) is 33.8 Å². The molecule has 6 rings (SSSR count). The first-order chi connectivity index (χ1) is 17.6. The third-order valence-electron chi connectivity index (χ3n) is 6.74. The fraction of sp³-hybridized carbons (Fsp3) is 0.222. The number of nitrogens with zero attached hydrogens (tertiary/aromatic N) is 7. The van der Waals surface area contributed by atoms with Gasteiger partial charge >= 0.3 is 5.69 Å². The minimum atomic E-state index is -0.565. The summed E-state index contributed by atoms with van der Waals surface area (Å²) in [4.78, 5) is 27.6. The van der Waals surface area contributed by atoms with Gasteiger partial charge in [-0.3, -0.25) is 13.7 Å². The van der Waals surface area contributed by atoms with Crippen LogP contribution in [0.3, 0.4) is 0 Å². The summed E-state index contributed by atoms with van der Waals surface area (Å²) < 4.78 is 5.00. The molecule has 0 amide bonds. The van der Waals surface area contributed by atoms with E-state index >= 15 is 0 Å². The van der Waals surface area contributed by atoms with Crippen molar-refractivity contribution in [2.24, 2.45) is 0 Å². The molecule has 9 heteroatoms. The number of nitriles is 1. The molecule has 1 N–H and O–H groups in total. The summed E-state index contributed by atoms with van der Waals surface area (Å²) in [5.74, 6) is 6.17. The SMILES string of the molecule is CC#CCn1c(=O)n(C2CC[C@@H](O)c3ccccc32)c2nc(-n3cnc4ccc(C#N)cc43)ncc21. The fourth-order valence-corrected chi connectivity index (χ4v) is 5.01. The van der Waals surface area contributed by atoms with Gasteiger partial charge in [-0.05, 0) is 49.1 Å². The van der Waals surface area contributed by atoms with Gasteiger partial charge in [0, 0.05) is 0 Å². The van der Waals surface area contributed by atoms with E-state index in [2.05, 4.69) is 27.9 Å². The van der Waals surface area contributed by atoms with E-state index in [4.69, 9.17) is 4.98 Å². The number of hydrogen-bond donors (Lipinski definition) is 1. The van der Waals surface area contributed by atoms with Crippen LogP contribution >= 0.6 is 0 Å². The molecule has 3 aromatic heterocycles. The van der Waals surface area contributed by atoms with Crippen LogP contribution < -0.4 is 5.69 Å². The summed E-state index contributed by atoms with van der Waals surface area (Å²) in [5.41, 5.74) is 4.49. The highest BCUT2D eigenvalue weighted by Crippen LogP contribution is 2.38. The number of rotatable bonds is 3. The Kier molecular flexibility index (Phi) is 5.14. The summed E-state index contributed by atoms with van der Waals surface area (Å²) in [6, 6.07) is 14.8. The Morgan fingerprint density at radius 3 is 2.75 bits per heavy atom. The van der Waals surface area contributed by atoms with Crippen molar-refractivity contribution < 1.29 is 5.11 Å². The van der Waals surface area contributed by atoms with Crippen molar-refractivity contribution in [3.05, 3.63) is 82.2 Å². The highest BCUT2D eigenvalue weighted by molar-refractivity contribution is 5.79. The Hall–Kier alpha value is -4.73. The van der Waals surface area contributed by atoms with Crippen molar-refractivity contribution in [1.82, 2.24) is 28.7 Å². The second-order valence-corrected chi connectivity index (χ2v) is 8.71. The molecule has 0 aliphatic heterocycles. The number of hydrogen-bond acceptors (Lipinski definition) is 6. The monoisotopic (exact) mass is 475 g/mol. The highest BCUT2D eigenvalue weighted by Gasteiger charge is 2.31. The van der Waals surface area contributed by atoms with Gasteiger partial charge in [-0.1, -0.05) is 30.2 Å². The molecule has 0 spiro atoms. The first-order valence-electron chi connectivity index (χ1n) is 11.6. The van der Waals surface area contributed by atoms with Crippen LogP contribution in [0.1, 0.15) is 48.6 Å². The molecule has 1 unspecified atom stereocenters. The zero-order valence-corrected chi connectivity index (χ0v) is 19.5. The molecule has 36 heavy (non-hydrogen) atoms. The van der Waals surface area contributed by atoms with Crippen molar-refractivity contribution >= 4 is 22.2 Å². The molecular formula is C27H21N7O2. The van der Waals surface area contributed by atoms with Crippen LogP contribution in [0.2, 0.25) is 0 Å². The van der Waals surface area contributed by atoms with Gasteiger partial charge in [-0.15, -0.1) is 5.92 Å². The van der Waals surface area contributed by atoms with Crippen LogP contribution in [0.5, 0.6) is 0 Å². The van der Waals surface area contributed by atoms with E-state index in [1.807, 2.05) is 24.3 Å². The number of aliphatic hydroxyl groups excluding tert-OH is 1. The van der Waals surface area contributed by atoms with E-state index in [-0.39, 0.29) is 18.3 Å². The van der Waals surface area contributed by atoms with Gasteiger partial charge in [0.15, 0.2) is 5.65 Å². The molecule has 0 fully saturated rings. The van der Waals surface area contributed by atoms with Gasteiger partial charge in [-0.25, -0.2) is 14.8 Å². The van der Waals surface area contributed by atoms with Gasteiger partial charge < -0.3 is 5.11 Å². The second-order valence-electron chi connectivity index (χ2n) is 8.71. The summed E-state index contributed by atoms with van der Waals surface area (Å²) >= 11 is 0. The molecule has 0 saturated heterocycles. The summed E-state index contributed by atoms with van der Waals surface area (Å²) in [6.45, 7) is 1.95. The number of aromatic nitrogens is 6. The predicted octanol–water partition coefficient (Wildman–Crippen LogP) is 3.24. The second kappa shape index (κ2) is 8.49. The zero-order valence-electron chi connectivity index (χ0n) is 19.5. The highest BCUT2D eigenvalue weighted by atomic mass is 16.3. The Labute approximate surface area is 205 Å². The van der Waals surface area contributed by atoms with E-state index in [1.165, 1.54) is 0 Å². The Morgan fingerprint density at radius 1 is 1.11 bits per heavy atom. The lowest BCUT2D eigenvalue weighted by molar-refractivity contribution is 0.147. The van der Waals surface area contributed by atoms with Crippen molar-refractivity contribution in [3.8, 4) is 23.9 Å². The van der Waals surface area contributed by atoms with Gasteiger partial charge in [-0.2, -0.15) is 10.2 Å². The lowest BCUT2D eigenvalue weighted by atomic mass is 9.85. The zero-order chi connectivity index (χ0) is 24.8. The summed E-state index contributed by atoms with van der Waals surface area (Å²) in [7, 11) is 0. The predicted molar refractivity (Wildman–Crippen MR) is 133 cm³/mol. The molecule has 176 valence electrons. The number of imidazole rings is 2. The van der Waals surface area contributed by atoms with E-state index in [9.17, 15) is 15.2 Å². The Bertz CT molecular complexity index is 1810. The van der Waals surface area contributed by atoms with E-state index in [0.717, 1.165) is 11.1 Å². The molecular weight excluding hydrogens is 454 g/mol. The van der Waals surface area contributed by atoms with E-state index in [0.29, 0.717) is 46.6 Å². The molecule has 1 aliphatic carbocycles. The molecule has 1 aliphatic rings. The van der Waals surface area contributed by atoms with Gasteiger partial charge in [0.05, 0.1) is 47.6 Å². The third kappa shape index (κ3) is 3.29. The first kappa shape index (κ1) is 21.8. The van der Waals surface area contributed by atoms with Gasteiger partial charge in [0.2, 0.25) is 5.95 Å².